The van der Waals surface area contributed by atoms with Crippen LogP contribution in [-0.4, -0.2) is 25.9 Å². The summed E-state index contributed by atoms with van der Waals surface area (Å²) in [5, 5.41) is 12.1. The summed E-state index contributed by atoms with van der Waals surface area (Å²) < 4.78 is 2.08. The van der Waals surface area contributed by atoms with Gasteiger partial charge in [0.2, 0.25) is 5.91 Å². The standard InChI is InChI=1S/C20H26N4OS/c1-5-12-24-18(16-6-7-16)22-23-20(24)26-14(4)19(25)21-17-10-8-15(9-11-17)13(2)3/h5,8-11,13-14,16H,1,6-7,12H2,2-4H3,(H,21,25)/t14-/m0/s1. The van der Waals surface area contributed by atoms with Crippen LogP contribution in [0.3, 0.4) is 0 Å². The monoisotopic (exact) mass is 370 g/mol. The van der Waals surface area contributed by atoms with Gasteiger partial charge in [-0.1, -0.05) is 43.8 Å². The predicted molar refractivity (Wildman–Crippen MR) is 107 cm³/mol. The van der Waals surface area contributed by atoms with E-state index >= 15 is 0 Å². The van der Waals surface area contributed by atoms with Crippen molar-refractivity contribution < 1.29 is 4.79 Å². The Labute approximate surface area is 159 Å². The lowest BCUT2D eigenvalue weighted by molar-refractivity contribution is -0.115. The molecule has 0 unspecified atom stereocenters. The Morgan fingerprint density at radius 2 is 2.00 bits per heavy atom. The van der Waals surface area contributed by atoms with Gasteiger partial charge in [-0.15, -0.1) is 16.8 Å². The zero-order chi connectivity index (χ0) is 18.7. The van der Waals surface area contributed by atoms with E-state index in [1.54, 1.807) is 0 Å². The number of hydrogen-bond donors (Lipinski definition) is 1. The van der Waals surface area contributed by atoms with Gasteiger partial charge in [0, 0.05) is 18.2 Å². The van der Waals surface area contributed by atoms with E-state index < -0.39 is 0 Å². The van der Waals surface area contributed by atoms with Gasteiger partial charge >= 0.3 is 0 Å². The van der Waals surface area contributed by atoms with E-state index in [1.807, 2.05) is 25.1 Å². The quantitative estimate of drug-likeness (QED) is 0.546. The lowest BCUT2D eigenvalue weighted by Crippen LogP contribution is -2.23. The number of amides is 1. The zero-order valence-electron chi connectivity index (χ0n) is 15.6. The summed E-state index contributed by atoms with van der Waals surface area (Å²) in [4.78, 5) is 12.5. The Morgan fingerprint density at radius 1 is 1.31 bits per heavy atom. The summed E-state index contributed by atoms with van der Waals surface area (Å²) in [5.41, 5.74) is 2.08. The molecule has 0 bridgehead atoms. The molecule has 26 heavy (non-hydrogen) atoms. The van der Waals surface area contributed by atoms with Gasteiger partial charge in [-0.3, -0.25) is 4.79 Å². The van der Waals surface area contributed by atoms with Crippen LogP contribution in [0, 0.1) is 0 Å². The van der Waals surface area contributed by atoms with Crippen molar-refractivity contribution in [3.05, 3.63) is 48.3 Å². The number of rotatable bonds is 8. The molecule has 1 aliphatic carbocycles. The van der Waals surface area contributed by atoms with Gasteiger partial charge in [0.15, 0.2) is 5.16 Å². The summed E-state index contributed by atoms with van der Waals surface area (Å²) in [7, 11) is 0. The maximum Gasteiger partial charge on any atom is 0.237 e. The van der Waals surface area contributed by atoms with Crippen LogP contribution in [0.1, 0.15) is 56.8 Å². The highest BCUT2D eigenvalue weighted by atomic mass is 32.2. The van der Waals surface area contributed by atoms with Gasteiger partial charge in [0.1, 0.15) is 5.82 Å². The number of carbonyl (C=O) groups excluding carboxylic acids is 1. The van der Waals surface area contributed by atoms with Gasteiger partial charge in [0.05, 0.1) is 5.25 Å². The Hall–Kier alpha value is -2.08. The third kappa shape index (κ3) is 4.36. The second-order valence-electron chi connectivity index (χ2n) is 7.04. The van der Waals surface area contributed by atoms with Crippen LogP contribution in [-0.2, 0) is 11.3 Å². The van der Waals surface area contributed by atoms with Crippen molar-refractivity contribution in [2.45, 2.75) is 62.4 Å². The minimum Gasteiger partial charge on any atom is -0.325 e. The van der Waals surface area contributed by atoms with Crippen molar-refractivity contribution >= 4 is 23.4 Å². The fourth-order valence-electron chi connectivity index (χ4n) is 2.74. The molecule has 2 aromatic rings. The Morgan fingerprint density at radius 3 is 2.58 bits per heavy atom. The molecule has 1 aromatic heterocycles. The van der Waals surface area contributed by atoms with Crippen molar-refractivity contribution in [1.29, 1.82) is 0 Å². The van der Waals surface area contributed by atoms with Gasteiger partial charge in [0.25, 0.3) is 0 Å². The van der Waals surface area contributed by atoms with Gasteiger partial charge in [-0.05, 0) is 43.4 Å². The first-order valence-electron chi connectivity index (χ1n) is 9.11. The van der Waals surface area contributed by atoms with Crippen LogP contribution in [0.4, 0.5) is 5.69 Å². The molecule has 1 saturated carbocycles. The number of nitrogens with zero attached hydrogens (tertiary/aromatic N) is 3. The fraction of sp³-hybridized carbons (Fsp3) is 0.450. The Bertz CT molecular complexity index is 778. The molecular weight excluding hydrogens is 344 g/mol. The number of benzene rings is 1. The second kappa shape index (κ2) is 8.08. The normalized spacial score (nSPS) is 15.1. The minimum absolute atomic E-state index is 0.0339. The average molecular weight is 371 g/mol. The maximum atomic E-state index is 12.5. The van der Waals surface area contributed by atoms with Crippen molar-refractivity contribution in [2.75, 3.05) is 5.32 Å². The summed E-state index contributed by atoms with van der Waals surface area (Å²) in [6.45, 7) is 10.7. The fourth-order valence-corrected chi connectivity index (χ4v) is 3.60. The van der Waals surface area contributed by atoms with E-state index in [1.165, 1.54) is 30.2 Å². The lowest BCUT2D eigenvalue weighted by Gasteiger charge is -2.13. The number of hydrogen-bond acceptors (Lipinski definition) is 4. The molecule has 5 nitrogen and oxygen atoms in total. The summed E-state index contributed by atoms with van der Waals surface area (Å²) in [6, 6.07) is 8.02. The molecule has 138 valence electrons. The highest BCUT2D eigenvalue weighted by molar-refractivity contribution is 8.00. The molecule has 0 aliphatic heterocycles. The first-order chi connectivity index (χ1) is 12.5. The van der Waals surface area contributed by atoms with Crippen molar-refractivity contribution in [3.63, 3.8) is 0 Å². The average Bonchev–Trinajstić information content (AvgIpc) is 3.39. The largest absolute Gasteiger partial charge is 0.325 e. The Balaban J connectivity index is 1.64. The predicted octanol–water partition coefficient (Wildman–Crippen LogP) is 4.58. The van der Waals surface area contributed by atoms with Crippen LogP contribution in [0.15, 0.2) is 42.1 Å². The van der Waals surface area contributed by atoms with Crippen LogP contribution < -0.4 is 5.32 Å². The molecule has 0 spiro atoms. The molecule has 1 amide bonds. The number of carbonyl (C=O) groups is 1. The van der Waals surface area contributed by atoms with E-state index in [9.17, 15) is 4.79 Å². The van der Waals surface area contributed by atoms with Gasteiger partial charge in [-0.25, -0.2) is 0 Å². The minimum atomic E-state index is -0.264. The Kier molecular flexibility index (Phi) is 5.81. The number of nitrogens with one attached hydrogen (secondary N) is 1. The van der Waals surface area contributed by atoms with E-state index in [2.05, 4.69) is 52.6 Å². The van der Waals surface area contributed by atoms with E-state index in [0.717, 1.165) is 16.7 Å². The van der Waals surface area contributed by atoms with Crippen molar-refractivity contribution in [3.8, 4) is 0 Å². The number of allylic oxidation sites excluding steroid dienone is 1. The molecule has 1 fully saturated rings. The highest BCUT2D eigenvalue weighted by Crippen LogP contribution is 2.40. The lowest BCUT2D eigenvalue weighted by atomic mass is 10.0. The first-order valence-corrected chi connectivity index (χ1v) is 9.99. The third-order valence-electron chi connectivity index (χ3n) is 4.50. The van der Waals surface area contributed by atoms with Crippen molar-refractivity contribution in [2.24, 2.45) is 0 Å². The summed E-state index contributed by atoms with van der Waals surface area (Å²) in [5.74, 6) is 1.98. The number of anilines is 1. The SMILES string of the molecule is C=CCn1c(S[C@@H](C)C(=O)Nc2ccc(C(C)C)cc2)nnc1C1CC1. The van der Waals surface area contributed by atoms with Crippen LogP contribution in [0.25, 0.3) is 0 Å². The highest BCUT2D eigenvalue weighted by Gasteiger charge is 2.30. The number of thioether (sulfide) groups is 1. The van der Waals surface area contributed by atoms with Crippen LogP contribution >= 0.6 is 11.8 Å². The molecule has 0 radical (unpaired) electrons. The smallest absolute Gasteiger partial charge is 0.237 e. The topological polar surface area (TPSA) is 59.8 Å². The summed E-state index contributed by atoms with van der Waals surface area (Å²) >= 11 is 1.44. The van der Waals surface area contributed by atoms with E-state index in [4.69, 9.17) is 0 Å². The summed E-state index contributed by atoms with van der Waals surface area (Å²) in [6.07, 6.45) is 4.19. The molecule has 0 saturated heterocycles. The molecule has 1 atom stereocenters. The van der Waals surface area contributed by atoms with E-state index in [0.29, 0.717) is 18.4 Å². The van der Waals surface area contributed by atoms with E-state index in [-0.39, 0.29) is 11.2 Å². The molecule has 1 aromatic carbocycles. The molecule has 1 N–H and O–H groups in total. The number of aromatic nitrogens is 3. The van der Waals surface area contributed by atoms with Gasteiger partial charge in [-0.2, -0.15) is 0 Å². The van der Waals surface area contributed by atoms with Gasteiger partial charge < -0.3 is 9.88 Å². The van der Waals surface area contributed by atoms with Crippen LogP contribution in [0.5, 0.6) is 0 Å². The van der Waals surface area contributed by atoms with Crippen molar-refractivity contribution in [1.82, 2.24) is 14.8 Å². The maximum absolute atomic E-state index is 12.5. The molecule has 1 aliphatic rings. The molecular formula is C20H26N4OS. The first kappa shape index (κ1) is 18.7. The zero-order valence-corrected chi connectivity index (χ0v) is 16.4. The molecule has 1 heterocycles. The molecule has 3 rings (SSSR count). The second-order valence-corrected chi connectivity index (χ2v) is 8.35. The third-order valence-corrected chi connectivity index (χ3v) is 5.58. The molecule has 6 heteroatoms. The van der Waals surface area contributed by atoms with Crippen LogP contribution in [0.2, 0.25) is 0 Å².